The topological polar surface area (TPSA) is 75.7 Å². The van der Waals surface area contributed by atoms with Crippen LogP contribution in [0.1, 0.15) is 24.9 Å². The number of anilines is 1. The fraction of sp³-hybridized carbons (Fsp3) is 0.208. The van der Waals surface area contributed by atoms with Crippen LogP contribution in [-0.2, 0) is 14.8 Å². The molecule has 0 aliphatic rings. The highest BCUT2D eigenvalue weighted by molar-refractivity contribution is 9.10. The van der Waals surface area contributed by atoms with Crippen molar-refractivity contribution in [2.24, 2.45) is 0 Å². The van der Waals surface area contributed by atoms with Crippen molar-refractivity contribution >= 4 is 37.5 Å². The van der Waals surface area contributed by atoms with Gasteiger partial charge in [0.05, 0.1) is 23.7 Å². The third kappa shape index (κ3) is 5.69. The van der Waals surface area contributed by atoms with Crippen LogP contribution in [-0.4, -0.2) is 28.0 Å². The Morgan fingerprint density at radius 3 is 2.31 bits per heavy atom. The Hall–Kier alpha value is -2.84. The molecule has 0 unspecified atom stereocenters. The van der Waals surface area contributed by atoms with Crippen LogP contribution < -0.4 is 14.4 Å². The number of carbonyl (C=O) groups excluding carboxylic acids is 1. The van der Waals surface area contributed by atoms with E-state index in [0.717, 1.165) is 15.6 Å². The molecule has 6 nitrogen and oxygen atoms in total. The van der Waals surface area contributed by atoms with Gasteiger partial charge < -0.3 is 10.1 Å². The van der Waals surface area contributed by atoms with E-state index in [-0.39, 0.29) is 17.5 Å². The number of benzene rings is 3. The molecule has 0 spiro atoms. The predicted octanol–water partition coefficient (Wildman–Crippen LogP) is 4.92. The van der Waals surface area contributed by atoms with E-state index in [1.807, 2.05) is 31.2 Å². The van der Waals surface area contributed by atoms with E-state index in [1.54, 1.807) is 49.6 Å². The van der Waals surface area contributed by atoms with Gasteiger partial charge in [-0.2, -0.15) is 0 Å². The first-order valence-electron chi connectivity index (χ1n) is 10.1. The molecular weight excluding hydrogens is 492 g/mol. The van der Waals surface area contributed by atoms with Crippen LogP contribution in [0.4, 0.5) is 5.69 Å². The van der Waals surface area contributed by atoms with E-state index >= 15 is 0 Å². The number of methoxy groups -OCH3 is 1. The quantitative estimate of drug-likeness (QED) is 0.437. The maximum Gasteiger partial charge on any atom is 0.264 e. The number of sulfonamides is 1. The SMILES string of the molecule is CC[C@@H](NC(=O)CN(c1cccc(Br)c1)S(=O)(=O)c1ccccc1)c1ccc(OC)cc1. The molecule has 1 N–H and O–H groups in total. The van der Waals surface area contributed by atoms with Gasteiger partial charge in [0.25, 0.3) is 10.0 Å². The fourth-order valence-electron chi connectivity index (χ4n) is 3.29. The number of hydrogen-bond acceptors (Lipinski definition) is 4. The average Bonchev–Trinajstić information content (AvgIpc) is 2.81. The first kappa shape index (κ1) is 23.8. The minimum atomic E-state index is -3.95. The van der Waals surface area contributed by atoms with E-state index in [4.69, 9.17) is 4.74 Å². The summed E-state index contributed by atoms with van der Waals surface area (Å²) in [6.45, 7) is 1.61. The van der Waals surface area contributed by atoms with Gasteiger partial charge in [-0.05, 0) is 54.4 Å². The molecule has 3 aromatic rings. The monoisotopic (exact) mass is 516 g/mol. The second kappa shape index (κ2) is 10.7. The lowest BCUT2D eigenvalue weighted by Gasteiger charge is -2.26. The van der Waals surface area contributed by atoms with Crippen molar-refractivity contribution in [1.82, 2.24) is 5.32 Å². The summed E-state index contributed by atoms with van der Waals surface area (Å²) >= 11 is 3.38. The van der Waals surface area contributed by atoms with E-state index in [1.165, 1.54) is 12.1 Å². The van der Waals surface area contributed by atoms with Crippen molar-refractivity contribution in [3.63, 3.8) is 0 Å². The molecule has 0 radical (unpaired) electrons. The van der Waals surface area contributed by atoms with Gasteiger partial charge in [-0.15, -0.1) is 0 Å². The van der Waals surface area contributed by atoms with Crippen LogP contribution in [0.25, 0.3) is 0 Å². The first-order valence-corrected chi connectivity index (χ1v) is 12.3. The molecule has 0 aliphatic carbocycles. The lowest BCUT2D eigenvalue weighted by atomic mass is 10.0. The standard InChI is InChI=1S/C24H25BrN2O4S/c1-3-23(18-12-14-21(31-2)15-13-18)26-24(28)17-27(20-9-7-8-19(25)16-20)32(29,30)22-10-5-4-6-11-22/h4-16,23H,3,17H2,1-2H3,(H,26,28)/t23-/m1/s1. The molecule has 3 rings (SSSR count). The van der Waals surface area contributed by atoms with Crippen molar-refractivity contribution in [2.75, 3.05) is 18.0 Å². The summed E-state index contributed by atoms with van der Waals surface area (Å²) in [6.07, 6.45) is 0.653. The van der Waals surface area contributed by atoms with Crippen molar-refractivity contribution < 1.29 is 17.9 Å². The zero-order valence-corrected chi connectivity index (χ0v) is 20.3. The molecule has 8 heteroatoms. The van der Waals surface area contributed by atoms with Gasteiger partial charge >= 0.3 is 0 Å². The minimum absolute atomic E-state index is 0.120. The molecule has 0 bridgehead atoms. The third-order valence-corrected chi connectivity index (χ3v) is 7.26. The second-order valence-electron chi connectivity index (χ2n) is 7.11. The zero-order valence-electron chi connectivity index (χ0n) is 17.9. The van der Waals surface area contributed by atoms with Crippen molar-refractivity contribution in [3.8, 4) is 5.75 Å². The summed E-state index contributed by atoms with van der Waals surface area (Å²) in [6, 6.07) is 22.2. The normalized spacial score (nSPS) is 12.1. The molecule has 32 heavy (non-hydrogen) atoms. The summed E-state index contributed by atoms with van der Waals surface area (Å²) in [5, 5.41) is 2.96. The van der Waals surface area contributed by atoms with Gasteiger partial charge in [-0.25, -0.2) is 8.42 Å². The summed E-state index contributed by atoms with van der Waals surface area (Å²) in [4.78, 5) is 13.1. The maximum atomic E-state index is 13.4. The minimum Gasteiger partial charge on any atom is -0.497 e. The van der Waals surface area contributed by atoms with Gasteiger partial charge in [-0.1, -0.05) is 59.3 Å². The molecule has 0 saturated heterocycles. The van der Waals surface area contributed by atoms with Gasteiger partial charge in [0.2, 0.25) is 5.91 Å². The Morgan fingerprint density at radius 1 is 1.03 bits per heavy atom. The molecular formula is C24H25BrN2O4S. The van der Waals surface area contributed by atoms with Crippen LogP contribution in [0, 0.1) is 0 Å². The molecule has 0 heterocycles. The fourth-order valence-corrected chi connectivity index (χ4v) is 5.11. The summed E-state index contributed by atoms with van der Waals surface area (Å²) in [5.74, 6) is 0.330. The van der Waals surface area contributed by atoms with Crippen LogP contribution in [0.5, 0.6) is 5.75 Å². The Balaban J connectivity index is 1.87. The number of rotatable bonds is 9. The molecule has 3 aromatic carbocycles. The molecule has 1 amide bonds. The molecule has 0 fully saturated rings. The van der Waals surface area contributed by atoms with E-state index in [9.17, 15) is 13.2 Å². The van der Waals surface area contributed by atoms with Gasteiger partial charge in [0.1, 0.15) is 12.3 Å². The molecule has 0 aliphatic heterocycles. The third-order valence-electron chi connectivity index (χ3n) is 4.98. The second-order valence-corrected chi connectivity index (χ2v) is 9.88. The van der Waals surface area contributed by atoms with Crippen molar-refractivity contribution in [3.05, 3.63) is 88.9 Å². The lowest BCUT2D eigenvalue weighted by molar-refractivity contribution is -0.120. The number of ether oxygens (including phenoxy) is 1. The number of carbonyl (C=O) groups is 1. The number of hydrogen-bond donors (Lipinski definition) is 1. The molecule has 0 saturated carbocycles. The van der Waals surface area contributed by atoms with E-state index in [0.29, 0.717) is 16.6 Å². The zero-order chi connectivity index (χ0) is 23.1. The Bertz CT molecular complexity index is 1150. The summed E-state index contributed by atoms with van der Waals surface area (Å²) in [7, 11) is -2.35. The highest BCUT2D eigenvalue weighted by Crippen LogP contribution is 2.26. The Kier molecular flexibility index (Phi) is 7.93. The summed E-state index contributed by atoms with van der Waals surface area (Å²) in [5.41, 5.74) is 1.32. The average molecular weight is 517 g/mol. The van der Waals surface area contributed by atoms with Gasteiger partial charge in [0, 0.05) is 4.47 Å². The van der Waals surface area contributed by atoms with Gasteiger partial charge in [0.15, 0.2) is 0 Å². The number of nitrogens with one attached hydrogen (secondary N) is 1. The molecule has 1 atom stereocenters. The summed E-state index contributed by atoms with van der Waals surface area (Å²) < 4.78 is 33.8. The van der Waals surface area contributed by atoms with Crippen LogP contribution in [0.15, 0.2) is 88.2 Å². The molecule has 0 aromatic heterocycles. The van der Waals surface area contributed by atoms with Gasteiger partial charge in [-0.3, -0.25) is 9.10 Å². The number of halogens is 1. The maximum absolute atomic E-state index is 13.4. The highest BCUT2D eigenvalue weighted by atomic mass is 79.9. The van der Waals surface area contributed by atoms with E-state index in [2.05, 4.69) is 21.2 Å². The Morgan fingerprint density at radius 2 is 1.72 bits per heavy atom. The van der Waals surface area contributed by atoms with Crippen LogP contribution in [0.2, 0.25) is 0 Å². The lowest BCUT2D eigenvalue weighted by Crippen LogP contribution is -2.42. The van der Waals surface area contributed by atoms with Crippen LogP contribution >= 0.6 is 15.9 Å². The van der Waals surface area contributed by atoms with Crippen molar-refractivity contribution in [1.29, 1.82) is 0 Å². The number of amides is 1. The highest BCUT2D eigenvalue weighted by Gasteiger charge is 2.28. The predicted molar refractivity (Wildman–Crippen MR) is 129 cm³/mol. The molecule has 168 valence electrons. The Labute approximate surface area is 197 Å². The first-order chi connectivity index (χ1) is 15.3. The smallest absolute Gasteiger partial charge is 0.264 e. The van der Waals surface area contributed by atoms with E-state index < -0.39 is 15.9 Å². The van der Waals surface area contributed by atoms with Crippen LogP contribution in [0.3, 0.4) is 0 Å². The van der Waals surface area contributed by atoms with Crippen molar-refractivity contribution in [2.45, 2.75) is 24.3 Å². The largest absolute Gasteiger partial charge is 0.497 e. The number of nitrogens with zero attached hydrogens (tertiary/aromatic N) is 1.